The zero-order chi connectivity index (χ0) is 19.9. The number of nitrogens with zero attached hydrogens (tertiary/aromatic N) is 1. The lowest BCUT2D eigenvalue weighted by Gasteiger charge is -2.25. The molecule has 0 saturated carbocycles. The summed E-state index contributed by atoms with van der Waals surface area (Å²) in [6.45, 7) is 6.09. The van der Waals surface area contributed by atoms with Gasteiger partial charge in [0, 0.05) is 17.8 Å². The van der Waals surface area contributed by atoms with Gasteiger partial charge in [-0.3, -0.25) is 0 Å². The topological polar surface area (TPSA) is 77.3 Å². The second-order valence-corrected chi connectivity index (χ2v) is 9.16. The molecule has 6 heteroatoms. The van der Waals surface area contributed by atoms with Gasteiger partial charge in [0.15, 0.2) is 0 Å². The van der Waals surface area contributed by atoms with E-state index in [1.54, 1.807) is 7.11 Å². The van der Waals surface area contributed by atoms with Crippen LogP contribution in [0.5, 0.6) is 11.5 Å². The molecule has 2 aromatic rings. The molecule has 5 nitrogen and oxygen atoms in total. The van der Waals surface area contributed by atoms with Crippen molar-refractivity contribution in [3.05, 3.63) is 59.7 Å². The Morgan fingerprint density at radius 3 is 2.11 bits per heavy atom. The van der Waals surface area contributed by atoms with Crippen LogP contribution in [0.25, 0.3) is 0 Å². The van der Waals surface area contributed by atoms with Gasteiger partial charge in [0.2, 0.25) is 0 Å². The summed E-state index contributed by atoms with van der Waals surface area (Å²) < 4.78 is 25.6. The van der Waals surface area contributed by atoms with Crippen molar-refractivity contribution in [1.29, 1.82) is 5.26 Å². The van der Waals surface area contributed by atoms with Gasteiger partial charge >= 0.3 is 0 Å². The fraction of sp³-hybridized carbons (Fsp3) is 0.381. The molecule has 1 N–H and O–H groups in total. The minimum Gasteiger partial charge on any atom is -0.598 e. The van der Waals surface area contributed by atoms with Crippen molar-refractivity contribution < 1.29 is 14.0 Å². The van der Waals surface area contributed by atoms with Gasteiger partial charge in [-0.15, -0.1) is 4.72 Å². The molecule has 2 rings (SSSR count). The van der Waals surface area contributed by atoms with Crippen molar-refractivity contribution in [2.75, 3.05) is 7.11 Å². The first-order chi connectivity index (χ1) is 12.8. The van der Waals surface area contributed by atoms with E-state index in [0.29, 0.717) is 13.0 Å². The number of benzene rings is 2. The fourth-order valence-corrected chi connectivity index (χ4v) is 3.01. The van der Waals surface area contributed by atoms with Gasteiger partial charge in [0.1, 0.15) is 28.9 Å². The van der Waals surface area contributed by atoms with E-state index in [9.17, 15) is 9.81 Å². The van der Waals surface area contributed by atoms with E-state index in [1.165, 1.54) is 0 Å². The van der Waals surface area contributed by atoms with Crippen LogP contribution in [-0.2, 0) is 24.4 Å². The predicted octanol–water partition coefficient (Wildman–Crippen LogP) is 3.76. The first kappa shape index (κ1) is 21.1. The summed E-state index contributed by atoms with van der Waals surface area (Å²) in [6.07, 6.45) is 0.483. The van der Waals surface area contributed by atoms with Gasteiger partial charge < -0.3 is 14.0 Å². The molecule has 27 heavy (non-hydrogen) atoms. The Balaban J connectivity index is 1.89. The molecule has 0 amide bonds. The summed E-state index contributed by atoms with van der Waals surface area (Å²) in [5.74, 6) is 1.57. The monoisotopic (exact) mass is 386 g/mol. The molecule has 2 aromatic carbocycles. The predicted molar refractivity (Wildman–Crippen MR) is 108 cm³/mol. The van der Waals surface area contributed by atoms with Crippen molar-refractivity contribution in [1.82, 2.24) is 4.72 Å². The molecule has 0 spiro atoms. The minimum atomic E-state index is -1.28. The van der Waals surface area contributed by atoms with E-state index in [1.807, 2.05) is 69.3 Å². The van der Waals surface area contributed by atoms with Crippen LogP contribution in [0.3, 0.4) is 0 Å². The van der Waals surface area contributed by atoms with Crippen LogP contribution in [0.4, 0.5) is 0 Å². The van der Waals surface area contributed by atoms with E-state index < -0.39 is 22.2 Å². The maximum absolute atomic E-state index is 12.2. The Morgan fingerprint density at radius 1 is 1.04 bits per heavy atom. The number of nitrogens with one attached hydrogen (secondary N) is 1. The van der Waals surface area contributed by atoms with Crippen LogP contribution in [0.2, 0.25) is 0 Å². The standard InChI is InChI=1S/C21H26N2O3S/c1-21(2,3)27(24)23-18(14-22)13-16-5-11-20(12-6-16)26-15-17-7-9-19(25-4)10-8-17/h5-12,18,23H,13,15H2,1-4H3. The largest absolute Gasteiger partial charge is 0.598 e. The summed E-state index contributed by atoms with van der Waals surface area (Å²) in [5, 5.41) is 9.32. The Hall–Kier alpha value is -2.20. The third kappa shape index (κ3) is 6.79. The van der Waals surface area contributed by atoms with Crippen LogP contribution < -0.4 is 14.2 Å². The van der Waals surface area contributed by atoms with E-state index >= 15 is 0 Å². The third-order valence-electron chi connectivity index (χ3n) is 3.89. The SMILES string of the molecule is COc1ccc(COc2ccc(CC(C#N)N[S+]([O-])C(C)(C)C)cc2)cc1. The molecule has 2 unspecified atom stereocenters. The molecule has 144 valence electrons. The Bertz CT molecular complexity index is 749. The van der Waals surface area contributed by atoms with Crippen LogP contribution in [0, 0.1) is 11.3 Å². The Labute approximate surface area is 164 Å². The second-order valence-electron chi connectivity index (χ2n) is 7.17. The van der Waals surface area contributed by atoms with Gasteiger partial charge in [0.05, 0.1) is 13.2 Å². The molecular formula is C21H26N2O3S. The number of methoxy groups -OCH3 is 1. The summed E-state index contributed by atoms with van der Waals surface area (Å²) >= 11 is -1.28. The highest BCUT2D eigenvalue weighted by Gasteiger charge is 2.29. The van der Waals surface area contributed by atoms with E-state index in [2.05, 4.69) is 10.8 Å². The highest BCUT2D eigenvalue weighted by molar-refractivity contribution is 7.90. The van der Waals surface area contributed by atoms with Crippen LogP contribution in [0.1, 0.15) is 31.9 Å². The molecule has 0 fully saturated rings. The average Bonchev–Trinajstić information content (AvgIpc) is 2.66. The van der Waals surface area contributed by atoms with Crippen LogP contribution in [0.15, 0.2) is 48.5 Å². The lowest BCUT2D eigenvalue weighted by atomic mass is 10.1. The molecule has 2 atom stereocenters. The lowest BCUT2D eigenvalue weighted by Crippen LogP contribution is -2.44. The normalized spacial score (nSPS) is 13.5. The number of nitriles is 1. The van der Waals surface area contributed by atoms with Gasteiger partial charge in [-0.2, -0.15) is 5.26 Å². The van der Waals surface area contributed by atoms with Crippen molar-refractivity contribution >= 4 is 11.4 Å². The summed E-state index contributed by atoms with van der Waals surface area (Å²) in [5.41, 5.74) is 2.04. The van der Waals surface area contributed by atoms with Crippen molar-refractivity contribution in [3.8, 4) is 17.6 Å². The van der Waals surface area contributed by atoms with E-state index in [0.717, 1.165) is 22.6 Å². The number of hydrogen-bond donors (Lipinski definition) is 1. The number of hydrogen-bond acceptors (Lipinski definition) is 5. The lowest BCUT2D eigenvalue weighted by molar-refractivity contribution is 0.306. The minimum absolute atomic E-state index is 0.408. The van der Waals surface area contributed by atoms with Crippen molar-refractivity contribution in [2.45, 2.75) is 44.6 Å². The maximum Gasteiger partial charge on any atom is 0.143 e. The smallest absolute Gasteiger partial charge is 0.143 e. The Kier molecular flexibility index (Phi) is 7.55. The van der Waals surface area contributed by atoms with E-state index in [4.69, 9.17) is 9.47 Å². The van der Waals surface area contributed by atoms with Crippen molar-refractivity contribution in [2.24, 2.45) is 0 Å². The third-order valence-corrected chi connectivity index (χ3v) is 5.50. The molecule has 0 radical (unpaired) electrons. The summed E-state index contributed by atoms with van der Waals surface area (Å²) in [6, 6.07) is 17.0. The molecule has 0 aliphatic carbocycles. The fourth-order valence-electron chi connectivity index (χ4n) is 2.27. The summed E-state index contributed by atoms with van der Waals surface area (Å²) in [4.78, 5) is 0. The van der Waals surface area contributed by atoms with Gasteiger partial charge in [-0.25, -0.2) is 0 Å². The highest BCUT2D eigenvalue weighted by Crippen LogP contribution is 2.18. The van der Waals surface area contributed by atoms with Crippen LogP contribution in [-0.4, -0.2) is 22.5 Å². The molecule has 0 aromatic heterocycles. The maximum atomic E-state index is 12.2. The van der Waals surface area contributed by atoms with Gasteiger partial charge in [0.25, 0.3) is 0 Å². The second kappa shape index (κ2) is 9.65. The molecule has 0 aliphatic heterocycles. The molecular weight excluding hydrogens is 360 g/mol. The summed E-state index contributed by atoms with van der Waals surface area (Å²) in [7, 11) is 1.64. The zero-order valence-corrected chi connectivity index (χ0v) is 17.0. The number of ether oxygens (including phenoxy) is 2. The number of rotatable bonds is 8. The Morgan fingerprint density at radius 2 is 1.59 bits per heavy atom. The molecule has 0 bridgehead atoms. The quantitative estimate of drug-likeness (QED) is 0.699. The molecule has 0 aliphatic rings. The highest BCUT2D eigenvalue weighted by atomic mass is 32.2. The van der Waals surface area contributed by atoms with Crippen LogP contribution >= 0.6 is 0 Å². The molecule has 0 saturated heterocycles. The first-order valence-electron chi connectivity index (χ1n) is 8.74. The van der Waals surface area contributed by atoms with Gasteiger partial charge in [-0.1, -0.05) is 24.3 Å². The zero-order valence-electron chi connectivity index (χ0n) is 16.2. The van der Waals surface area contributed by atoms with Crippen molar-refractivity contribution in [3.63, 3.8) is 0 Å². The average molecular weight is 387 g/mol. The van der Waals surface area contributed by atoms with Gasteiger partial charge in [-0.05, 0) is 56.2 Å². The van der Waals surface area contributed by atoms with E-state index in [-0.39, 0.29) is 0 Å². The first-order valence-corrected chi connectivity index (χ1v) is 9.89. The molecule has 0 heterocycles.